The molecule has 2 aromatic rings. The van der Waals surface area contributed by atoms with Crippen molar-refractivity contribution in [2.75, 3.05) is 23.0 Å². The monoisotopic (exact) mass is 362 g/mol. The van der Waals surface area contributed by atoms with E-state index in [0.717, 1.165) is 16.1 Å². The number of hydrogen-bond acceptors (Lipinski definition) is 4. The van der Waals surface area contributed by atoms with E-state index >= 15 is 0 Å². The second kappa shape index (κ2) is 7.57. The number of nitrogens with one attached hydrogen (secondary N) is 1. The van der Waals surface area contributed by atoms with Crippen LogP contribution < -0.4 is 14.4 Å². The SMILES string of the molecule is COc1ccc(N(C(C)C(=O)Nc2ccccc2C)S(C)(=O)=O)cc1. The van der Waals surface area contributed by atoms with Gasteiger partial charge in [-0.3, -0.25) is 9.10 Å². The minimum atomic E-state index is -3.65. The van der Waals surface area contributed by atoms with Crippen molar-refractivity contribution in [3.8, 4) is 5.75 Å². The molecule has 134 valence electrons. The number of nitrogens with zero attached hydrogens (tertiary/aromatic N) is 1. The van der Waals surface area contributed by atoms with Crippen molar-refractivity contribution in [2.45, 2.75) is 19.9 Å². The molecule has 0 saturated heterocycles. The summed E-state index contributed by atoms with van der Waals surface area (Å²) in [6.07, 6.45) is 1.08. The van der Waals surface area contributed by atoms with Gasteiger partial charge in [0.2, 0.25) is 15.9 Å². The number of aryl methyl sites for hydroxylation is 1. The Morgan fingerprint density at radius 2 is 1.72 bits per heavy atom. The van der Waals surface area contributed by atoms with Gasteiger partial charge in [0.15, 0.2) is 0 Å². The van der Waals surface area contributed by atoms with E-state index in [1.165, 1.54) is 7.11 Å². The van der Waals surface area contributed by atoms with Crippen LogP contribution in [0.15, 0.2) is 48.5 Å². The molecule has 1 N–H and O–H groups in total. The first-order valence-corrected chi connectivity index (χ1v) is 9.59. The molecule has 2 rings (SSSR count). The van der Waals surface area contributed by atoms with Gasteiger partial charge in [-0.1, -0.05) is 18.2 Å². The maximum absolute atomic E-state index is 12.6. The lowest BCUT2D eigenvalue weighted by Gasteiger charge is -2.28. The minimum Gasteiger partial charge on any atom is -0.497 e. The second-order valence-corrected chi connectivity index (χ2v) is 7.60. The fraction of sp³-hybridized carbons (Fsp3) is 0.278. The van der Waals surface area contributed by atoms with Crippen LogP contribution in [-0.4, -0.2) is 33.7 Å². The highest BCUT2D eigenvalue weighted by molar-refractivity contribution is 7.92. The number of sulfonamides is 1. The minimum absolute atomic E-state index is 0.399. The number of benzene rings is 2. The third-order valence-corrected chi connectivity index (χ3v) is 5.06. The molecular formula is C18H22N2O4S. The number of amides is 1. The number of rotatable bonds is 6. The van der Waals surface area contributed by atoms with Crippen molar-refractivity contribution < 1.29 is 17.9 Å². The molecule has 0 heterocycles. The van der Waals surface area contributed by atoms with Crippen LogP contribution >= 0.6 is 0 Å². The third kappa shape index (κ3) is 4.51. The van der Waals surface area contributed by atoms with E-state index in [2.05, 4.69) is 5.32 Å². The van der Waals surface area contributed by atoms with E-state index in [-0.39, 0.29) is 0 Å². The molecule has 0 aliphatic heterocycles. The second-order valence-electron chi connectivity index (χ2n) is 5.74. The van der Waals surface area contributed by atoms with Gasteiger partial charge in [-0.2, -0.15) is 0 Å². The summed E-state index contributed by atoms with van der Waals surface area (Å²) in [6, 6.07) is 12.9. The number of hydrogen-bond donors (Lipinski definition) is 1. The van der Waals surface area contributed by atoms with Crippen molar-refractivity contribution >= 4 is 27.3 Å². The van der Waals surface area contributed by atoms with Gasteiger partial charge in [0.05, 0.1) is 19.1 Å². The molecule has 0 aliphatic carbocycles. The van der Waals surface area contributed by atoms with E-state index in [9.17, 15) is 13.2 Å². The summed E-state index contributed by atoms with van der Waals surface area (Å²) < 4.78 is 30.7. The largest absolute Gasteiger partial charge is 0.497 e. The highest BCUT2D eigenvalue weighted by Gasteiger charge is 2.29. The van der Waals surface area contributed by atoms with E-state index in [1.54, 1.807) is 37.3 Å². The molecule has 2 aromatic carbocycles. The molecule has 0 bridgehead atoms. The van der Waals surface area contributed by atoms with Crippen LogP contribution in [0.3, 0.4) is 0 Å². The molecule has 1 unspecified atom stereocenters. The topological polar surface area (TPSA) is 75.7 Å². The summed E-state index contributed by atoms with van der Waals surface area (Å²) in [5.74, 6) is 0.199. The van der Waals surface area contributed by atoms with Crippen LogP contribution in [0.5, 0.6) is 5.75 Å². The van der Waals surface area contributed by atoms with Crippen molar-refractivity contribution in [3.63, 3.8) is 0 Å². The Bertz CT molecular complexity index is 848. The molecule has 7 heteroatoms. The lowest BCUT2D eigenvalue weighted by Crippen LogP contribution is -2.45. The number of methoxy groups -OCH3 is 1. The zero-order valence-electron chi connectivity index (χ0n) is 14.7. The molecule has 0 saturated carbocycles. The quantitative estimate of drug-likeness (QED) is 0.857. The zero-order valence-corrected chi connectivity index (χ0v) is 15.5. The molecule has 1 atom stereocenters. The van der Waals surface area contributed by atoms with Crippen molar-refractivity contribution in [2.24, 2.45) is 0 Å². The molecule has 0 spiro atoms. The average molecular weight is 362 g/mol. The molecule has 0 radical (unpaired) electrons. The highest BCUT2D eigenvalue weighted by atomic mass is 32.2. The Morgan fingerprint density at radius 1 is 1.12 bits per heavy atom. The first-order valence-electron chi connectivity index (χ1n) is 7.74. The Balaban J connectivity index is 2.31. The fourth-order valence-corrected chi connectivity index (χ4v) is 3.66. The maximum atomic E-state index is 12.6. The maximum Gasteiger partial charge on any atom is 0.248 e. The van der Waals surface area contributed by atoms with Crippen LogP contribution in [0.2, 0.25) is 0 Å². The van der Waals surface area contributed by atoms with Crippen LogP contribution in [0.25, 0.3) is 0 Å². The van der Waals surface area contributed by atoms with Gasteiger partial charge < -0.3 is 10.1 Å². The number of para-hydroxylation sites is 1. The summed E-state index contributed by atoms with van der Waals surface area (Å²) in [5.41, 5.74) is 1.96. The van der Waals surface area contributed by atoms with Crippen molar-refractivity contribution in [1.82, 2.24) is 0 Å². The third-order valence-electron chi connectivity index (χ3n) is 3.82. The first-order chi connectivity index (χ1) is 11.7. The van der Waals surface area contributed by atoms with Crippen LogP contribution in [0, 0.1) is 6.92 Å². The number of carbonyl (C=O) groups is 1. The van der Waals surface area contributed by atoms with E-state index in [1.807, 2.05) is 25.1 Å². The Morgan fingerprint density at radius 3 is 2.24 bits per heavy atom. The molecular weight excluding hydrogens is 340 g/mol. The van der Waals surface area contributed by atoms with Crippen molar-refractivity contribution in [1.29, 1.82) is 0 Å². The summed E-state index contributed by atoms with van der Waals surface area (Å²) in [7, 11) is -2.12. The standard InChI is InChI=1S/C18H22N2O4S/c1-13-7-5-6-8-17(13)19-18(21)14(2)20(25(4,22)23)15-9-11-16(24-3)12-10-15/h5-12,14H,1-4H3,(H,19,21). The summed E-state index contributed by atoms with van der Waals surface area (Å²) in [5, 5.41) is 2.79. The van der Waals surface area contributed by atoms with Gasteiger partial charge in [0.1, 0.15) is 11.8 Å². The first kappa shape index (κ1) is 18.8. The Kier molecular flexibility index (Phi) is 5.69. The van der Waals surface area contributed by atoms with E-state index < -0.39 is 22.0 Å². The van der Waals surface area contributed by atoms with Crippen LogP contribution in [-0.2, 0) is 14.8 Å². The molecule has 0 aliphatic rings. The molecule has 0 fully saturated rings. The Labute approximate surface area is 148 Å². The summed E-state index contributed by atoms with van der Waals surface area (Å²) >= 11 is 0. The lowest BCUT2D eigenvalue weighted by molar-refractivity contribution is -0.116. The molecule has 1 amide bonds. The number of carbonyl (C=O) groups excluding carboxylic acids is 1. The zero-order chi connectivity index (χ0) is 18.6. The van der Waals surface area contributed by atoms with Gasteiger partial charge in [-0.15, -0.1) is 0 Å². The summed E-state index contributed by atoms with van der Waals surface area (Å²) in [6.45, 7) is 3.43. The van der Waals surface area contributed by atoms with Crippen molar-refractivity contribution in [3.05, 3.63) is 54.1 Å². The molecule has 0 aromatic heterocycles. The van der Waals surface area contributed by atoms with Gasteiger partial charge in [-0.05, 0) is 49.7 Å². The summed E-state index contributed by atoms with van der Waals surface area (Å²) in [4.78, 5) is 12.6. The van der Waals surface area contributed by atoms with Crippen LogP contribution in [0.4, 0.5) is 11.4 Å². The predicted molar refractivity (Wildman–Crippen MR) is 99.6 cm³/mol. The van der Waals surface area contributed by atoms with E-state index in [4.69, 9.17) is 4.74 Å². The van der Waals surface area contributed by atoms with E-state index in [0.29, 0.717) is 17.1 Å². The van der Waals surface area contributed by atoms with Crippen LogP contribution in [0.1, 0.15) is 12.5 Å². The van der Waals surface area contributed by atoms with Gasteiger partial charge in [0.25, 0.3) is 0 Å². The fourth-order valence-electron chi connectivity index (χ4n) is 2.49. The van der Waals surface area contributed by atoms with Gasteiger partial charge >= 0.3 is 0 Å². The Hall–Kier alpha value is -2.54. The smallest absolute Gasteiger partial charge is 0.248 e. The molecule has 6 nitrogen and oxygen atoms in total. The number of anilines is 2. The normalized spacial score (nSPS) is 12.3. The predicted octanol–water partition coefficient (Wildman–Crippen LogP) is 2.80. The van der Waals surface area contributed by atoms with Gasteiger partial charge in [0, 0.05) is 5.69 Å². The van der Waals surface area contributed by atoms with Gasteiger partial charge in [-0.25, -0.2) is 8.42 Å². The molecule has 25 heavy (non-hydrogen) atoms. The highest BCUT2D eigenvalue weighted by Crippen LogP contribution is 2.24. The number of ether oxygens (including phenoxy) is 1. The average Bonchev–Trinajstić information content (AvgIpc) is 2.56. The lowest BCUT2D eigenvalue weighted by atomic mass is 10.2.